The zero-order valence-electron chi connectivity index (χ0n) is 20.8. The Morgan fingerprint density at radius 1 is 1.13 bits per heavy atom. The highest BCUT2D eigenvalue weighted by Gasteiger charge is 2.51. The number of amides is 1. The van der Waals surface area contributed by atoms with Gasteiger partial charge in [-0.05, 0) is 56.4 Å². The van der Waals surface area contributed by atoms with Crippen LogP contribution in [-0.2, 0) is 21.9 Å². The summed E-state index contributed by atoms with van der Waals surface area (Å²) in [7, 11) is 0. The van der Waals surface area contributed by atoms with Crippen LogP contribution >= 0.6 is 0 Å². The van der Waals surface area contributed by atoms with Crippen LogP contribution in [0.2, 0.25) is 0 Å². The number of alkyl halides is 6. The largest absolute Gasteiger partial charge is 0.416 e. The van der Waals surface area contributed by atoms with Crippen molar-refractivity contribution in [3.8, 4) is 6.07 Å². The Bertz CT molecular complexity index is 1110. The summed E-state index contributed by atoms with van der Waals surface area (Å²) < 4.78 is 86.1. The molecular formula is C27H29F6N3O2. The van der Waals surface area contributed by atoms with Crippen molar-refractivity contribution in [1.29, 1.82) is 5.26 Å². The Balaban J connectivity index is 1.57. The maximum Gasteiger partial charge on any atom is 0.416 e. The van der Waals surface area contributed by atoms with Gasteiger partial charge in [-0.3, -0.25) is 4.79 Å². The molecule has 4 rings (SSSR count). The van der Waals surface area contributed by atoms with Crippen molar-refractivity contribution in [3.05, 3.63) is 59.2 Å². The number of likely N-dealkylation sites (tertiary alicyclic amines) is 1. The van der Waals surface area contributed by atoms with Gasteiger partial charge in [0, 0.05) is 31.0 Å². The molecule has 1 aliphatic carbocycles. The number of hydrogen-bond acceptors (Lipinski definition) is 4. The van der Waals surface area contributed by atoms with Gasteiger partial charge in [-0.15, -0.1) is 0 Å². The Morgan fingerprint density at radius 2 is 1.82 bits per heavy atom. The molecule has 38 heavy (non-hydrogen) atoms. The third kappa shape index (κ3) is 5.61. The van der Waals surface area contributed by atoms with Crippen molar-refractivity contribution < 1.29 is 35.9 Å². The number of piperidine rings is 1. The first kappa shape index (κ1) is 28.2. The minimum absolute atomic E-state index is 0.00986. The number of ether oxygens (including phenoxy) is 1. The smallest absolute Gasteiger partial charge is 0.372 e. The van der Waals surface area contributed by atoms with E-state index in [4.69, 9.17) is 4.74 Å². The zero-order chi connectivity index (χ0) is 27.8. The molecule has 2 fully saturated rings. The summed E-state index contributed by atoms with van der Waals surface area (Å²) in [6.45, 7) is 2.09. The number of nitrogens with one attached hydrogen (secondary N) is 1. The SMILES string of the molecule is C[C@@H](OC[C@@]1(C2C=CC=CC2)CC[C@](C#N)(N2CCCC2=O)CN1)c1cc(C(F)(F)F)cc(C(F)(F)F)c1. The summed E-state index contributed by atoms with van der Waals surface area (Å²) in [6.07, 6.45) is -0.740. The van der Waals surface area contributed by atoms with Gasteiger partial charge in [0.2, 0.25) is 5.91 Å². The monoisotopic (exact) mass is 541 g/mol. The molecule has 0 bridgehead atoms. The molecule has 1 N–H and O–H groups in total. The summed E-state index contributed by atoms with van der Waals surface area (Å²) in [6, 6.07) is 3.79. The maximum absolute atomic E-state index is 13.4. The summed E-state index contributed by atoms with van der Waals surface area (Å²) >= 11 is 0. The highest BCUT2D eigenvalue weighted by molar-refractivity contribution is 5.79. The fourth-order valence-corrected chi connectivity index (χ4v) is 5.54. The lowest BCUT2D eigenvalue weighted by atomic mass is 9.71. The van der Waals surface area contributed by atoms with Crippen molar-refractivity contribution in [2.24, 2.45) is 5.92 Å². The Hall–Kier alpha value is -2.84. The minimum Gasteiger partial charge on any atom is -0.372 e. The Kier molecular flexibility index (Phi) is 7.70. The minimum atomic E-state index is -4.95. The molecule has 0 aromatic heterocycles. The van der Waals surface area contributed by atoms with Crippen LogP contribution in [0.15, 0.2) is 42.5 Å². The predicted octanol–water partition coefficient (Wildman–Crippen LogP) is 5.94. The molecule has 3 aliphatic rings. The zero-order valence-corrected chi connectivity index (χ0v) is 20.8. The first-order valence-electron chi connectivity index (χ1n) is 12.5. The fraction of sp³-hybridized carbons (Fsp3) is 0.556. The van der Waals surface area contributed by atoms with Crippen LogP contribution in [0, 0.1) is 17.2 Å². The van der Waals surface area contributed by atoms with E-state index in [9.17, 15) is 36.4 Å². The van der Waals surface area contributed by atoms with Gasteiger partial charge >= 0.3 is 12.4 Å². The number of nitrogens with zero attached hydrogens (tertiary/aromatic N) is 2. The third-order valence-electron chi connectivity index (χ3n) is 7.88. The van der Waals surface area contributed by atoms with Crippen LogP contribution in [0.5, 0.6) is 0 Å². The van der Waals surface area contributed by atoms with E-state index >= 15 is 0 Å². The molecule has 1 aromatic carbocycles. The van der Waals surface area contributed by atoms with Gasteiger partial charge in [-0.1, -0.05) is 24.3 Å². The van der Waals surface area contributed by atoms with Crippen LogP contribution in [0.1, 0.15) is 61.8 Å². The van der Waals surface area contributed by atoms with E-state index in [0.29, 0.717) is 50.8 Å². The van der Waals surface area contributed by atoms with Crippen molar-refractivity contribution >= 4 is 5.91 Å². The van der Waals surface area contributed by atoms with Gasteiger partial charge in [-0.25, -0.2) is 0 Å². The number of benzene rings is 1. The number of carbonyl (C=O) groups is 1. The van der Waals surface area contributed by atoms with Gasteiger partial charge < -0.3 is 15.0 Å². The van der Waals surface area contributed by atoms with Gasteiger partial charge in [-0.2, -0.15) is 31.6 Å². The van der Waals surface area contributed by atoms with E-state index in [-0.39, 0.29) is 36.6 Å². The van der Waals surface area contributed by atoms with Crippen molar-refractivity contribution in [2.75, 3.05) is 19.7 Å². The quantitative estimate of drug-likeness (QED) is 0.453. The molecule has 2 aliphatic heterocycles. The summed E-state index contributed by atoms with van der Waals surface area (Å²) in [5.41, 5.74) is -4.76. The molecule has 2 heterocycles. The topological polar surface area (TPSA) is 65.4 Å². The number of carbonyl (C=O) groups excluding carboxylic acids is 1. The average molecular weight is 542 g/mol. The lowest BCUT2D eigenvalue weighted by Crippen LogP contribution is -2.67. The first-order valence-corrected chi connectivity index (χ1v) is 12.5. The highest BCUT2D eigenvalue weighted by Crippen LogP contribution is 2.41. The van der Waals surface area contributed by atoms with Gasteiger partial charge in [0.25, 0.3) is 0 Å². The summed E-state index contributed by atoms with van der Waals surface area (Å²) in [5, 5.41) is 13.5. The summed E-state index contributed by atoms with van der Waals surface area (Å²) in [5.74, 6) is -0.158. The van der Waals surface area contributed by atoms with E-state index in [1.807, 2.05) is 24.3 Å². The molecule has 11 heteroatoms. The van der Waals surface area contributed by atoms with Gasteiger partial charge in [0.1, 0.15) is 5.54 Å². The lowest BCUT2D eigenvalue weighted by molar-refractivity contribution is -0.143. The lowest BCUT2D eigenvalue weighted by Gasteiger charge is -2.50. The molecular weight excluding hydrogens is 512 g/mol. The maximum atomic E-state index is 13.4. The normalized spacial score (nSPS) is 28.9. The molecule has 0 saturated carbocycles. The molecule has 1 amide bonds. The second kappa shape index (κ2) is 10.4. The van der Waals surface area contributed by atoms with Crippen molar-refractivity contribution in [3.63, 3.8) is 0 Å². The van der Waals surface area contributed by atoms with Crippen molar-refractivity contribution in [1.82, 2.24) is 10.2 Å². The van der Waals surface area contributed by atoms with E-state index in [0.717, 1.165) is 0 Å². The number of halogens is 6. The van der Waals surface area contributed by atoms with Crippen LogP contribution in [0.25, 0.3) is 0 Å². The van der Waals surface area contributed by atoms with Crippen LogP contribution in [-0.4, -0.2) is 41.6 Å². The fourth-order valence-electron chi connectivity index (χ4n) is 5.54. The number of rotatable bonds is 6. The second-order valence-corrected chi connectivity index (χ2v) is 10.2. The van der Waals surface area contributed by atoms with Crippen molar-refractivity contribution in [2.45, 2.75) is 68.6 Å². The van der Waals surface area contributed by atoms with Crippen LogP contribution < -0.4 is 5.32 Å². The first-order chi connectivity index (χ1) is 17.8. The molecule has 4 atom stereocenters. The Labute approximate surface area is 217 Å². The molecule has 0 radical (unpaired) electrons. The molecule has 1 unspecified atom stereocenters. The molecule has 5 nitrogen and oxygen atoms in total. The molecule has 206 valence electrons. The van der Waals surface area contributed by atoms with Gasteiger partial charge in [0.05, 0.1) is 29.9 Å². The third-order valence-corrected chi connectivity index (χ3v) is 7.88. The predicted molar refractivity (Wildman–Crippen MR) is 126 cm³/mol. The van der Waals surface area contributed by atoms with Gasteiger partial charge in [0.15, 0.2) is 0 Å². The average Bonchev–Trinajstić information content (AvgIpc) is 3.33. The highest BCUT2D eigenvalue weighted by atomic mass is 19.4. The van der Waals surface area contributed by atoms with E-state index in [1.54, 1.807) is 4.90 Å². The van der Waals surface area contributed by atoms with E-state index < -0.39 is 40.7 Å². The number of nitriles is 1. The molecule has 1 aromatic rings. The number of hydrogen-bond donors (Lipinski definition) is 1. The molecule has 2 saturated heterocycles. The molecule has 0 spiro atoms. The van der Waals surface area contributed by atoms with Crippen LogP contribution in [0.3, 0.4) is 0 Å². The standard InChI is InChI=1S/C27H29F6N3O2/c1-18(19-12-21(26(28,29)30)14-22(13-19)27(31,32)33)38-17-25(20-6-3-2-4-7-20)10-9-24(15-34,16-35-25)36-11-5-8-23(36)37/h2-4,6,12-14,18,20,35H,5,7-11,16-17H2,1H3/t18-,20?,24-,25-/m1/s1. The number of allylic oxidation sites excluding steroid dienone is 3. The van der Waals surface area contributed by atoms with E-state index in [2.05, 4.69) is 11.4 Å². The second-order valence-electron chi connectivity index (χ2n) is 10.2. The van der Waals surface area contributed by atoms with E-state index in [1.165, 1.54) is 6.92 Å². The Morgan fingerprint density at radius 3 is 2.29 bits per heavy atom. The van der Waals surface area contributed by atoms with Crippen LogP contribution in [0.4, 0.5) is 26.3 Å². The summed E-state index contributed by atoms with van der Waals surface area (Å²) in [4.78, 5) is 14.0.